The van der Waals surface area contributed by atoms with Gasteiger partial charge in [0.1, 0.15) is 11.3 Å². The number of nitrogens with zero attached hydrogens (tertiary/aromatic N) is 3. The SMILES string of the molecule is c1ccc(-c2cc(-c3ccccc3)nc(-c3cccc(-c4cccc(-c5ccc6nc(-c7cc8ccccc8c8ccccc78)c7oc8ccccc8c7c6c5)c4)c3)n2)cc1. The monoisotopic (exact) mass is 777 g/mol. The van der Waals surface area contributed by atoms with Gasteiger partial charge in [0.05, 0.1) is 16.9 Å². The fourth-order valence-electron chi connectivity index (χ4n) is 8.90. The van der Waals surface area contributed by atoms with Crippen LogP contribution >= 0.6 is 0 Å². The van der Waals surface area contributed by atoms with E-state index in [4.69, 9.17) is 19.4 Å². The zero-order chi connectivity index (χ0) is 40.3. The molecule has 0 fully saturated rings. The second kappa shape index (κ2) is 14.3. The van der Waals surface area contributed by atoms with Crippen molar-refractivity contribution < 1.29 is 4.42 Å². The second-order valence-electron chi connectivity index (χ2n) is 15.5. The van der Waals surface area contributed by atoms with Gasteiger partial charge in [-0.05, 0) is 86.3 Å². The summed E-state index contributed by atoms with van der Waals surface area (Å²) in [6, 6.07) is 74.4. The summed E-state index contributed by atoms with van der Waals surface area (Å²) in [4.78, 5) is 15.6. The van der Waals surface area contributed by atoms with E-state index in [2.05, 4.69) is 170 Å². The molecule has 0 aliphatic carbocycles. The molecule has 0 radical (unpaired) electrons. The van der Waals surface area contributed by atoms with Crippen LogP contribution in [0.5, 0.6) is 0 Å². The van der Waals surface area contributed by atoms with Crippen molar-refractivity contribution in [2.24, 2.45) is 0 Å². The van der Waals surface area contributed by atoms with Gasteiger partial charge in [-0.3, -0.25) is 0 Å². The average molecular weight is 778 g/mol. The number of benzene rings is 9. The molecule has 12 aromatic rings. The van der Waals surface area contributed by atoms with Gasteiger partial charge < -0.3 is 4.42 Å². The molecule has 4 heteroatoms. The molecular weight excluding hydrogens is 743 g/mol. The Morgan fingerprint density at radius 1 is 0.328 bits per heavy atom. The van der Waals surface area contributed by atoms with Gasteiger partial charge in [0.15, 0.2) is 11.4 Å². The number of fused-ring (bicyclic) bond motifs is 8. The molecule has 0 atom stereocenters. The lowest BCUT2D eigenvalue weighted by molar-refractivity contribution is 0.669. The number of furan rings is 1. The molecule has 12 rings (SSSR count). The van der Waals surface area contributed by atoms with Crippen LogP contribution in [0.3, 0.4) is 0 Å². The van der Waals surface area contributed by atoms with Crippen molar-refractivity contribution in [2.75, 3.05) is 0 Å². The lowest BCUT2D eigenvalue weighted by Crippen LogP contribution is -1.96. The zero-order valence-electron chi connectivity index (χ0n) is 33.0. The summed E-state index contributed by atoms with van der Waals surface area (Å²) < 4.78 is 6.77. The van der Waals surface area contributed by atoms with E-state index < -0.39 is 0 Å². The topological polar surface area (TPSA) is 51.8 Å². The number of hydrogen-bond donors (Lipinski definition) is 0. The second-order valence-corrected chi connectivity index (χ2v) is 15.5. The fraction of sp³-hybridized carbons (Fsp3) is 0. The molecule has 0 saturated carbocycles. The minimum absolute atomic E-state index is 0.688. The van der Waals surface area contributed by atoms with Crippen molar-refractivity contribution in [3.8, 4) is 67.4 Å². The number of para-hydroxylation sites is 1. The zero-order valence-corrected chi connectivity index (χ0v) is 33.0. The van der Waals surface area contributed by atoms with Crippen molar-refractivity contribution in [1.82, 2.24) is 15.0 Å². The molecule has 0 aliphatic rings. The van der Waals surface area contributed by atoms with Gasteiger partial charge in [-0.1, -0.05) is 170 Å². The third-order valence-electron chi connectivity index (χ3n) is 11.8. The number of rotatable bonds is 6. The molecule has 3 aromatic heterocycles. The summed E-state index contributed by atoms with van der Waals surface area (Å²) in [6.07, 6.45) is 0. The van der Waals surface area contributed by atoms with Crippen LogP contribution in [0.2, 0.25) is 0 Å². The molecule has 284 valence electrons. The molecular formula is C57H35N3O. The van der Waals surface area contributed by atoms with Crippen molar-refractivity contribution in [3.05, 3.63) is 212 Å². The third kappa shape index (κ3) is 6.04. The maximum Gasteiger partial charge on any atom is 0.162 e. The van der Waals surface area contributed by atoms with E-state index >= 15 is 0 Å². The number of aromatic nitrogens is 3. The Morgan fingerprint density at radius 2 is 0.869 bits per heavy atom. The number of pyridine rings is 1. The average Bonchev–Trinajstić information content (AvgIpc) is 3.74. The summed E-state index contributed by atoms with van der Waals surface area (Å²) in [7, 11) is 0. The molecule has 9 aromatic carbocycles. The highest BCUT2D eigenvalue weighted by Gasteiger charge is 2.21. The largest absolute Gasteiger partial charge is 0.454 e. The van der Waals surface area contributed by atoms with Crippen molar-refractivity contribution in [1.29, 1.82) is 0 Å². The lowest BCUT2D eigenvalue weighted by Gasteiger charge is -2.13. The summed E-state index contributed by atoms with van der Waals surface area (Å²) in [5.74, 6) is 0.688. The molecule has 61 heavy (non-hydrogen) atoms. The Bertz CT molecular complexity index is 3590. The highest BCUT2D eigenvalue weighted by atomic mass is 16.3. The predicted molar refractivity (Wildman–Crippen MR) is 252 cm³/mol. The van der Waals surface area contributed by atoms with E-state index in [1.807, 2.05) is 42.5 Å². The van der Waals surface area contributed by atoms with Gasteiger partial charge in [0, 0.05) is 38.4 Å². The molecule has 0 bridgehead atoms. The normalized spacial score (nSPS) is 11.6. The van der Waals surface area contributed by atoms with E-state index in [0.29, 0.717) is 5.82 Å². The molecule has 4 nitrogen and oxygen atoms in total. The van der Waals surface area contributed by atoms with Gasteiger partial charge in [-0.25, -0.2) is 15.0 Å². The van der Waals surface area contributed by atoms with Gasteiger partial charge >= 0.3 is 0 Å². The maximum atomic E-state index is 6.77. The molecule has 0 spiro atoms. The molecule has 0 amide bonds. The first-order valence-electron chi connectivity index (χ1n) is 20.6. The predicted octanol–water partition coefficient (Wildman–Crippen LogP) is 15.2. The summed E-state index contributed by atoms with van der Waals surface area (Å²) in [5, 5.41) is 7.97. The maximum absolute atomic E-state index is 6.77. The van der Waals surface area contributed by atoms with E-state index in [9.17, 15) is 0 Å². The Hall–Kier alpha value is -8.21. The first-order valence-corrected chi connectivity index (χ1v) is 20.6. The standard InChI is InChI=1S/C57H35N3O/c1-3-15-36(16-4-1)51-35-52(37-17-5-2-6-18-37)60-57(59-51)43-23-14-22-40(32-43)38-20-13-21-39(31-38)41-29-30-50-49(33-41)54-47-27-11-12-28-53(47)61-56(54)55(58-50)48-34-42-19-7-8-24-44(42)45-25-9-10-26-46(45)48/h1-35H. The van der Waals surface area contributed by atoms with Crippen molar-refractivity contribution >= 4 is 54.4 Å². The highest BCUT2D eigenvalue weighted by molar-refractivity contribution is 6.23. The first kappa shape index (κ1) is 34.8. The first-order chi connectivity index (χ1) is 30.2. The molecule has 3 heterocycles. The van der Waals surface area contributed by atoms with Crippen LogP contribution in [0, 0.1) is 0 Å². The third-order valence-corrected chi connectivity index (χ3v) is 11.8. The van der Waals surface area contributed by atoms with Crippen molar-refractivity contribution in [3.63, 3.8) is 0 Å². The van der Waals surface area contributed by atoms with Crippen LogP contribution in [-0.4, -0.2) is 15.0 Å². The van der Waals surface area contributed by atoms with Crippen molar-refractivity contribution in [2.45, 2.75) is 0 Å². The summed E-state index contributed by atoms with van der Waals surface area (Å²) >= 11 is 0. The van der Waals surface area contributed by atoms with Gasteiger partial charge in [-0.15, -0.1) is 0 Å². The molecule has 0 saturated heterocycles. The molecule has 0 unspecified atom stereocenters. The van der Waals surface area contributed by atoms with E-state index in [1.54, 1.807) is 0 Å². The molecule has 0 N–H and O–H groups in total. The van der Waals surface area contributed by atoms with Gasteiger partial charge in [-0.2, -0.15) is 0 Å². The summed E-state index contributed by atoms with van der Waals surface area (Å²) in [6.45, 7) is 0. The van der Waals surface area contributed by atoms with Gasteiger partial charge in [0.25, 0.3) is 0 Å². The summed E-state index contributed by atoms with van der Waals surface area (Å²) in [5.41, 5.74) is 13.7. The van der Waals surface area contributed by atoms with Crippen LogP contribution in [-0.2, 0) is 0 Å². The Balaban J connectivity index is 0.979. The quantitative estimate of drug-likeness (QED) is 0.158. The van der Waals surface area contributed by atoms with E-state index in [0.717, 1.165) is 99.8 Å². The molecule has 0 aliphatic heterocycles. The van der Waals surface area contributed by atoms with Gasteiger partial charge in [0.2, 0.25) is 0 Å². The smallest absolute Gasteiger partial charge is 0.162 e. The Kier molecular flexibility index (Phi) is 8.13. The minimum Gasteiger partial charge on any atom is -0.454 e. The van der Waals surface area contributed by atoms with Crippen LogP contribution in [0.15, 0.2) is 217 Å². The lowest BCUT2D eigenvalue weighted by atomic mass is 9.93. The van der Waals surface area contributed by atoms with Crippen LogP contribution < -0.4 is 0 Å². The fourth-order valence-corrected chi connectivity index (χ4v) is 8.90. The van der Waals surface area contributed by atoms with E-state index in [1.165, 1.54) is 16.2 Å². The van der Waals surface area contributed by atoms with E-state index in [-0.39, 0.29) is 0 Å². The van der Waals surface area contributed by atoms with Crippen LogP contribution in [0.4, 0.5) is 0 Å². The highest BCUT2D eigenvalue weighted by Crippen LogP contribution is 2.43. The minimum atomic E-state index is 0.688. The Morgan fingerprint density at radius 3 is 1.57 bits per heavy atom. The number of hydrogen-bond acceptors (Lipinski definition) is 4. The Labute approximate surface area is 352 Å². The van der Waals surface area contributed by atoms with Crippen LogP contribution in [0.25, 0.3) is 122 Å². The van der Waals surface area contributed by atoms with Crippen LogP contribution in [0.1, 0.15) is 0 Å².